The van der Waals surface area contributed by atoms with E-state index in [2.05, 4.69) is 27.4 Å². The Balaban J connectivity index is 1.99. The number of nitrogens with zero attached hydrogens (tertiary/aromatic N) is 3. The molecule has 1 aromatic rings. The normalized spacial score (nSPS) is 16.5. The molecule has 0 spiro atoms. The van der Waals surface area contributed by atoms with Gasteiger partial charge in [0.1, 0.15) is 5.82 Å². The molecule has 0 unspecified atom stereocenters. The molecule has 1 saturated heterocycles. The highest BCUT2D eigenvalue weighted by atomic mass is 16.2. The van der Waals surface area contributed by atoms with Crippen LogP contribution in [0, 0.1) is 12.8 Å². The number of aromatic nitrogens is 3. The number of hydrogen-bond donors (Lipinski definition) is 2. The lowest BCUT2D eigenvalue weighted by molar-refractivity contribution is 0.0704. The zero-order valence-electron chi connectivity index (χ0n) is 11.8. The highest BCUT2D eigenvalue weighted by molar-refractivity contribution is 5.90. The van der Waals surface area contributed by atoms with Gasteiger partial charge in [-0.2, -0.15) is 0 Å². The number of aryl methyl sites for hydroxylation is 1. The summed E-state index contributed by atoms with van der Waals surface area (Å²) in [4.78, 5) is 18.4. The van der Waals surface area contributed by atoms with Crippen LogP contribution in [0.4, 0.5) is 0 Å². The minimum atomic E-state index is -0.0512. The first-order valence-electron chi connectivity index (χ1n) is 7.09. The van der Waals surface area contributed by atoms with E-state index in [-0.39, 0.29) is 5.91 Å². The topological polar surface area (TPSA) is 73.9 Å². The third-order valence-corrected chi connectivity index (χ3v) is 3.51. The van der Waals surface area contributed by atoms with Gasteiger partial charge in [0.15, 0.2) is 0 Å². The number of nitrogens with one attached hydrogen (secondary N) is 2. The fourth-order valence-electron chi connectivity index (χ4n) is 2.50. The zero-order chi connectivity index (χ0) is 13.7. The first-order valence-corrected chi connectivity index (χ1v) is 7.09. The summed E-state index contributed by atoms with van der Waals surface area (Å²) in [5.74, 6) is 1.52. The van der Waals surface area contributed by atoms with Crippen LogP contribution in [0.25, 0.3) is 0 Å². The van der Waals surface area contributed by atoms with Crippen LogP contribution in [-0.2, 0) is 0 Å². The highest BCUT2D eigenvalue weighted by Crippen LogP contribution is 2.15. The maximum Gasteiger partial charge on any atom is 0.293 e. The van der Waals surface area contributed by atoms with E-state index in [0.29, 0.717) is 17.6 Å². The number of piperidine rings is 1. The van der Waals surface area contributed by atoms with Gasteiger partial charge >= 0.3 is 0 Å². The molecule has 0 radical (unpaired) electrons. The van der Waals surface area contributed by atoms with Crippen molar-refractivity contribution in [3.8, 4) is 0 Å². The van der Waals surface area contributed by atoms with Crippen molar-refractivity contribution in [1.29, 1.82) is 0 Å². The van der Waals surface area contributed by atoms with Crippen LogP contribution in [0.3, 0.4) is 0 Å². The minimum absolute atomic E-state index is 0.0512. The van der Waals surface area contributed by atoms with Crippen molar-refractivity contribution < 1.29 is 4.79 Å². The number of rotatable bonds is 5. The van der Waals surface area contributed by atoms with Crippen molar-refractivity contribution in [3.63, 3.8) is 0 Å². The van der Waals surface area contributed by atoms with Crippen molar-refractivity contribution >= 4 is 5.91 Å². The Labute approximate surface area is 114 Å². The van der Waals surface area contributed by atoms with E-state index in [1.54, 1.807) is 6.92 Å². The van der Waals surface area contributed by atoms with Crippen LogP contribution in [-0.4, -0.2) is 52.2 Å². The van der Waals surface area contributed by atoms with E-state index in [0.717, 1.165) is 45.4 Å². The second-order valence-electron chi connectivity index (χ2n) is 5.19. The Morgan fingerprint density at radius 3 is 2.74 bits per heavy atom. The lowest BCUT2D eigenvalue weighted by Crippen LogP contribution is -2.40. The van der Waals surface area contributed by atoms with E-state index in [9.17, 15) is 4.79 Å². The van der Waals surface area contributed by atoms with Gasteiger partial charge in [-0.25, -0.2) is 4.98 Å². The second kappa shape index (κ2) is 6.65. The summed E-state index contributed by atoms with van der Waals surface area (Å²) in [6.45, 7) is 7.60. The van der Waals surface area contributed by atoms with Crippen LogP contribution in [0.5, 0.6) is 0 Å². The van der Waals surface area contributed by atoms with Crippen molar-refractivity contribution in [3.05, 3.63) is 11.6 Å². The van der Waals surface area contributed by atoms with Crippen molar-refractivity contribution in [2.24, 2.45) is 5.92 Å². The predicted molar refractivity (Wildman–Crippen MR) is 72.9 cm³/mol. The maximum atomic E-state index is 12.4. The SMILES string of the molecule is CCCN(CC1CCNCC1)C(=O)c1n[nH]c(C)n1. The fraction of sp³-hybridized carbons (Fsp3) is 0.769. The number of aromatic amines is 1. The molecular weight excluding hydrogens is 242 g/mol. The minimum Gasteiger partial charge on any atom is -0.336 e. The van der Waals surface area contributed by atoms with Gasteiger partial charge in [-0.15, -0.1) is 5.10 Å². The molecule has 106 valence electrons. The average molecular weight is 265 g/mol. The van der Waals surface area contributed by atoms with E-state index in [1.807, 2.05) is 4.90 Å². The third kappa shape index (κ3) is 3.76. The number of carbonyl (C=O) groups is 1. The van der Waals surface area contributed by atoms with Crippen LogP contribution in [0.2, 0.25) is 0 Å². The lowest BCUT2D eigenvalue weighted by atomic mass is 9.97. The third-order valence-electron chi connectivity index (χ3n) is 3.51. The summed E-state index contributed by atoms with van der Waals surface area (Å²) in [6.07, 6.45) is 3.24. The molecular formula is C13H23N5O. The zero-order valence-corrected chi connectivity index (χ0v) is 11.8. The quantitative estimate of drug-likeness (QED) is 0.832. The highest BCUT2D eigenvalue weighted by Gasteiger charge is 2.23. The second-order valence-corrected chi connectivity index (χ2v) is 5.19. The van der Waals surface area contributed by atoms with Crippen LogP contribution in [0.1, 0.15) is 42.6 Å². The Hall–Kier alpha value is -1.43. The summed E-state index contributed by atoms with van der Waals surface area (Å²) in [5.41, 5.74) is 0. The van der Waals surface area contributed by atoms with Crippen molar-refractivity contribution in [2.45, 2.75) is 33.1 Å². The molecule has 0 atom stereocenters. The standard InChI is InChI=1S/C13H23N5O/c1-3-8-18(9-11-4-6-14-7-5-11)13(19)12-15-10(2)16-17-12/h11,14H,3-9H2,1-2H3,(H,15,16,17). The summed E-state index contributed by atoms with van der Waals surface area (Å²) in [7, 11) is 0. The van der Waals surface area contributed by atoms with E-state index < -0.39 is 0 Å². The molecule has 19 heavy (non-hydrogen) atoms. The summed E-state index contributed by atoms with van der Waals surface area (Å²) >= 11 is 0. The molecule has 6 heteroatoms. The molecule has 1 amide bonds. The van der Waals surface area contributed by atoms with Gasteiger partial charge < -0.3 is 10.2 Å². The molecule has 1 fully saturated rings. The summed E-state index contributed by atoms with van der Waals surface area (Å²) in [5, 5.41) is 10.1. The molecule has 0 aromatic carbocycles. The molecule has 2 rings (SSSR count). The van der Waals surface area contributed by atoms with Crippen molar-refractivity contribution in [2.75, 3.05) is 26.2 Å². The number of amides is 1. The predicted octanol–water partition coefficient (Wildman–Crippen LogP) is 0.965. The summed E-state index contributed by atoms with van der Waals surface area (Å²) in [6, 6.07) is 0. The molecule has 1 aliphatic heterocycles. The van der Waals surface area contributed by atoms with Gasteiger partial charge in [0.2, 0.25) is 5.82 Å². The van der Waals surface area contributed by atoms with Crippen molar-refractivity contribution in [1.82, 2.24) is 25.4 Å². The largest absolute Gasteiger partial charge is 0.336 e. The number of carbonyl (C=O) groups excluding carboxylic acids is 1. The Morgan fingerprint density at radius 1 is 1.42 bits per heavy atom. The van der Waals surface area contributed by atoms with Gasteiger partial charge in [0.25, 0.3) is 5.91 Å². The molecule has 0 bridgehead atoms. The van der Waals surface area contributed by atoms with E-state index in [1.165, 1.54) is 0 Å². The molecule has 1 aliphatic rings. The molecule has 2 heterocycles. The smallest absolute Gasteiger partial charge is 0.293 e. The van der Waals surface area contributed by atoms with E-state index in [4.69, 9.17) is 0 Å². The number of H-pyrrole nitrogens is 1. The van der Waals surface area contributed by atoms with Crippen LogP contribution >= 0.6 is 0 Å². The van der Waals surface area contributed by atoms with Gasteiger partial charge in [-0.1, -0.05) is 6.92 Å². The molecule has 0 saturated carbocycles. The van der Waals surface area contributed by atoms with Crippen LogP contribution < -0.4 is 5.32 Å². The first-order chi connectivity index (χ1) is 9.20. The number of hydrogen-bond acceptors (Lipinski definition) is 4. The molecule has 6 nitrogen and oxygen atoms in total. The summed E-state index contributed by atoms with van der Waals surface area (Å²) < 4.78 is 0. The fourth-order valence-corrected chi connectivity index (χ4v) is 2.50. The van der Waals surface area contributed by atoms with Gasteiger partial charge in [0, 0.05) is 13.1 Å². The molecule has 0 aliphatic carbocycles. The van der Waals surface area contributed by atoms with Crippen LogP contribution in [0.15, 0.2) is 0 Å². The first kappa shape index (κ1) is 14.0. The molecule has 2 N–H and O–H groups in total. The Bertz CT molecular complexity index is 411. The average Bonchev–Trinajstić information content (AvgIpc) is 2.85. The van der Waals surface area contributed by atoms with Gasteiger partial charge in [0.05, 0.1) is 0 Å². The monoisotopic (exact) mass is 265 g/mol. The Morgan fingerprint density at radius 2 is 2.16 bits per heavy atom. The maximum absolute atomic E-state index is 12.4. The Kier molecular flexibility index (Phi) is 4.90. The van der Waals surface area contributed by atoms with Gasteiger partial charge in [-0.3, -0.25) is 9.89 Å². The lowest BCUT2D eigenvalue weighted by Gasteiger charge is -2.29. The van der Waals surface area contributed by atoms with Gasteiger partial charge in [-0.05, 0) is 45.2 Å². The van der Waals surface area contributed by atoms with E-state index >= 15 is 0 Å². The molecule has 1 aromatic heterocycles.